The van der Waals surface area contributed by atoms with E-state index in [1.807, 2.05) is 36.4 Å². The summed E-state index contributed by atoms with van der Waals surface area (Å²) in [6.45, 7) is 0. The number of hydrogen-bond donors (Lipinski definition) is 1. The molecule has 0 fully saturated rings. The van der Waals surface area contributed by atoms with Crippen LogP contribution in [-0.2, 0) is 0 Å². The highest BCUT2D eigenvalue weighted by Gasteiger charge is 2.12. The molecule has 1 N–H and O–H groups in total. The van der Waals surface area contributed by atoms with Crippen molar-refractivity contribution in [2.45, 2.75) is 0 Å². The van der Waals surface area contributed by atoms with Crippen LogP contribution in [0.3, 0.4) is 0 Å². The maximum Gasteiger partial charge on any atom is 0.266 e. The summed E-state index contributed by atoms with van der Waals surface area (Å²) in [5.41, 5.74) is 1.62. The molecule has 3 nitrogen and oxygen atoms in total. The van der Waals surface area contributed by atoms with Gasteiger partial charge in [0.25, 0.3) is 5.56 Å². The number of aromatic amines is 1. The van der Waals surface area contributed by atoms with Gasteiger partial charge in [-0.3, -0.25) is 9.78 Å². The normalized spacial score (nSPS) is 11.6. The predicted molar refractivity (Wildman–Crippen MR) is 75.3 cm³/mol. The molecule has 3 heterocycles. The maximum atomic E-state index is 12.1. The van der Waals surface area contributed by atoms with Gasteiger partial charge in [0, 0.05) is 21.7 Å². The van der Waals surface area contributed by atoms with Gasteiger partial charge in [-0.05, 0) is 18.2 Å². The molecule has 18 heavy (non-hydrogen) atoms. The highest BCUT2D eigenvalue weighted by molar-refractivity contribution is 7.25. The zero-order valence-electron chi connectivity index (χ0n) is 9.31. The first-order valence-electron chi connectivity index (χ1n) is 5.63. The minimum absolute atomic E-state index is 0.0355. The molecule has 0 unspecified atom stereocenters. The van der Waals surface area contributed by atoms with Gasteiger partial charge in [0.2, 0.25) is 0 Å². The molecule has 0 radical (unpaired) electrons. The molecule has 3 aromatic heterocycles. The quantitative estimate of drug-likeness (QED) is 0.522. The molecule has 1 aromatic carbocycles. The second-order valence-corrected chi connectivity index (χ2v) is 5.21. The van der Waals surface area contributed by atoms with Crippen molar-refractivity contribution in [3.63, 3.8) is 0 Å². The average Bonchev–Trinajstić information content (AvgIpc) is 2.79. The number of nitrogens with one attached hydrogen (secondary N) is 1. The van der Waals surface area contributed by atoms with E-state index in [1.54, 1.807) is 6.20 Å². The molecule has 4 rings (SSSR count). The summed E-state index contributed by atoms with van der Waals surface area (Å²) in [4.78, 5) is 19.4. The van der Waals surface area contributed by atoms with Crippen molar-refractivity contribution in [3.8, 4) is 0 Å². The third kappa shape index (κ3) is 1.18. The molecule has 0 bridgehead atoms. The SMILES string of the molecule is O=c1[nH]c2cccnc2c2c1sc1ccccc12. The molecule has 4 aromatic rings. The Balaban J connectivity index is 2.45. The summed E-state index contributed by atoms with van der Waals surface area (Å²) in [5, 5.41) is 2.07. The van der Waals surface area contributed by atoms with Gasteiger partial charge < -0.3 is 4.98 Å². The molecule has 0 aliphatic rings. The van der Waals surface area contributed by atoms with Crippen LogP contribution in [0.2, 0.25) is 0 Å². The number of fused-ring (bicyclic) bond motifs is 5. The van der Waals surface area contributed by atoms with Crippen molar-refractivity contribution in [2.24, 2.45) is 0 Å². The molecule has 0 amide bonds. The van der Waals surface area contributed by atoms with Gasteiger partial charge in [0.1, 0.15) is 4.70 Å². The zero-order chi connectivity index (χ0) is 12.1. The van der Waals surface area contributed by atoms with Crippen molar-refractivity contribution in [1.82, 2.24) is 9.97 Å². The summed E-state index contributed by atoms with van der Waals surface area (Å²) in [6, 6.07) is 11.8. The van der Waals surface area contributed by atoms with E-state index in [2.05, 4.69) is 9.97 Å². The van der Waals surface area contributed by atoms with Gasteiger partial charge >= 0.3 is 0 Å². The smallest absolute Gasteiger partial charge is 0.266 e. The van der Waals surface area contributed by atoms with Crippen molar-refractivity contribution >= 4 is 42.5 Å². The van der Waals surface area contributed by atoms with E-state index >= 15 is 0 Å². The lowest BCUT2D eigenvalue weighted by Crippen LogP contribution is -2.04. The van der Waals surface area contributed by atoms with E-state index in [4.69, 9.17) is 0 Å². The summed E-state index contributed by atoms with van der Waals surface area (Å²) < 4.78 is 1.87. The summed E-state index contributed by atoms with van der Waals surface area (Å²) in [7, 11) is 0. The van der Waals surface area contributed by atoms with E-state index in [0.29, 0.717) is 0 Å². The van der Waals surface area contributed by atoms with E-state index < -0.39 is 0 Å². The Morgan fingerprint density at radius 3 is 2.94 bits per heavy atom. The lowest BCUT2D eigenvalue weighted by Gasteiger charge is -1.98. The highest BCUT2D eigenvalue weighted by Crippen LogP contribution is 2.34. The first kappa shape index (κ1) is 9.79. The van der Waals surface area contributed by atoms with Crippen LogP contribution in [-0.4, -0.2) is 9.97 Å². The van der Waals surface area contributed by atoms with Crippen molar-refractivity contribution in [1.29, 1.82) is 0 Å². The Morgan fingerprint density at radius 2 is 2.00 bits per heavy atom. The molecule has 86 valence electrons. The lowest BCUT2D eigenvalue weighted by molar-refractivity contribution is 1.32. The number of pyridine rings is 2. The highest BCUT2D eigenvalue weighted by atomic mass is 32.1. The molecule has 0 saturated carbocycles. The van der Waals surface area contributed by atoms with Gasteiger partial charge in [-0.1, -0.05) is 18.2 Å². The van der Waals surface area contributed by atoms with Crippen molar-refractivity contribution < 1.29 is 0 Å². The molecule has 0 atom stereocenters. The second-order valence-electron chi connectivity index (χ2n) is 4.16. The zero-order valence-corrected chi connectivity index (χ0v) is 10.1. The van der Waals surface area contributed by atoms with E-state index in [0.717, 1.165) is 31.2 Å². The molecule has 0 aliphatic heterocycles. The Hall–Kier alpha value is -2.20. The second kappa shape index (κ2) is 3.40. The first-order chi connectivity index (χ1) is 8.84. The Morgan fingerprint density at radius 1 is 1.11 bits per heavy atom. The number of H-pyrrole nitrogens is 1. The van der Waals surface area contributed by atoms with Gasteiger partial charge in [-0.2, -0.15) is 0 Å². The molecule has 4 heteroatoms. The van der Waals surface area contributed by atoms with Crippen LogP contribution in [0.4, 0.5) is 0 Å². The van der Waals surface area contributed by atoms with Crippen molar-refractivity contribution in [3.05, 3.63) is 52.9 Å². The van der Waals surface area contributed by atoms with Crippen LogP contribution in [0.15, 0.2) is 47.4 Å². The largest absolute Gasteiger partial charge is 0.319 e. The number of thiophene rings is 1. The standard InChI is InChI=1S/C14H8N2OS/c17-14-13-11(8-4-1-2-6-10(8)18-13)12-9(16-14)5-3-7-15-12/h1-7H,(H,16,17). The third-order valence-electron chi connectivity index (χ3n) is 3.09. The Kier molecular flexibility index (Phi) is 1.85. The third-order valence-corrected chi connectivity index (χ3v) is 4.26. The molecular weight excluding hydrogens is 244 g/mol. The fourth-order valence-corrected chi connectivity index (χ4v) is 3.42. The van der Waals surface area contributed by atoms with Crippen LogP contribution in [0, 0.1) is 0 Å². The predicted octanol–water partition coefficient (Wildman–Crippen LogP) is 3.29. The van der Waals surface area contributed by atoms with Crippen LogP contribution >= 0.6 is 11.3 Å². The van der Waals surface area contributed by atoms with Crippen LogP contribution in [0.25, 0.3) is 31.2 Å². The number of aromatic nitrogens is 2. The summed E-state index contributed by atoms with van der Waals surface area (Å²) in [6.07, 6.45) is 1.76. The Bertz CT molecular complexity index is 952. The van der Waals surface area contributed by atoms with E-state index in [-0.39, 0.29) is 5.56 Å². The van der Waals surface area contributed by atoms with Crippen molar-refractivity contribution in [2.75, 3.05) is 0 Å². The van der Waals surface area contributed by atoms with Crippen LogP contribution in [0.1, 0.15) is 0 Å². The maximum absolute atomic E-state index is 12.1. The van der Waals surface area contributed by atoms with Gasteiger partial charge in [0.05, 0.1) is 11.0 Å². The average molecular weight is 252 g/mol. The van der Waals surface area contributed by atoms with E-state index in [1.165, 1.54) is 11.3 Å². The minimum atomic E-state index is -0.0355. The fourth-order valence-electron chi connectivity index (χ4n) is 2.32. The minimum Gasteiger partial charge on any atom is -0.319 e. The summed E-state index contributed by atoms with van der Waals surface area (Å²) in [5.74, 6) is 0. The topological polar surface area (TPSA) is 45.8 Å². The number of rotatable bonds is 0. The Labute approximate surface area is 106 Å². The number of nitrogens with zero attached hydrogens (tertiary/aromatic N) is 1. The monoisotopic (exact) mass is 252 g/mol. The summed E-state index contributed by atoms with van der Waals surface area (Å²) >= 11 is 1.52. The first-order valence-corrected chi connectivity index (χ1v) is 6.44. The van der Waals surface area contributed by atoms with Gasteiger partial charge in [-0.25, -0.2) is 0 Å². The molecule has 0 saturated heterocycles. The van der Waals surface area contributed by atoms with Gasteiger partial charge in [0.15, 0.2) is 0 Å². The fraction of sp³-hybridized carbons (Fsp3) is 0. The van der Waals surface area contributed by atoms with Crippen LogP contribution < -0.4 is 5.56 Å². The lowest BCUT2D eigenvalue weighted by atomic mass is 10.1. The molecule has 0 aliphatic carbocycles. The number of benzene rings is 1. The molecule has 0 spiro atoms. The van der Waals surface area contributed by atoms with E-state index in [9.17, 15) is 4.79 Å². The van der Waals surface area contributed by atoms with Crippen LogP contribution in [0.5, 0.6) is 0 Å². The molecular formula is C14H8N2OS. The van der Waals surface area contributed by atoms with Gasteiger partial charge in [-0.15, -0.1) is 11.3 Å². The number of hydrogen-bond acceptors (Lipinski definition) is 3.